The highest BCUT2D eigenvalue weighted by Gasteiger charge is 2.19. The fraction of sp³-hybridized carbons (Fsp3) is 0.364. The zero-order chi connectivity index (χ0) is 15.6. The number of aryl methyl sites for hydroxylation is 2. The van der Waals surface area contributed by atoms with E-state index in [4.69, 9.17) is 5.11 Å². The molecule has 0 aliphatic rings. The minimum absolute atomic E-state index is 0.0221. The molecule has 2 aromatic heterocycles. The number of aromatic nitrogens is 3. The minimum atomic E-state index is -3.72. The first kappa shape index (κ1) is 15.6. The Kier molecular flexibility index (Phi) is 4.40. The molecule has 0 saturated heterocycles. The van der Waals surface area contributed by atoms with Crippen LogP contribution in [0.2, 0.25) is 0 Å². The summed E-state index contributed by atoms with van der Waals surface area (Å²) in [6.45, 7) is 3.36. The number of carboxylic acid groups (broad SMARTS) is 1. The molecule has 2 heterocycles. The van der Waals surface area contributed by atoms with Gasteiger partial charge in [-0.25, -0.2) is 27.9 Å². The molecule has 0 saturated carbocycles. The molecule has 21 heavy (non-hydrogen) atoms. The van der Waals surface area contributed by atoms with Gasteiger partial charge in [-0.2, -0.15) is 0 Å². The zero-order valence-corrected chi connectivity index (χ0v) is 13.0. The number of rotatable bonds is 6. The number of hydrogen-bond acceptors (Lipinski definition) is 6. The fourth-order valence-electron chi connectivity index (χ4n) is 1.62. The van der Waals surface area contributed by atoms with E-state index >= 15 is 0 Å². The van der Waals surface area contributed by atoms with Gasteiger partial charge in [-0.3, -0.25) is 0 Å². The van der Waals surface area contributed by atoms with Gasteiger partial charge in [0.25, 0.3) is 10.0 Å². The van der Waals surface area contributed by atoms with Crippen molar-refractivity contribution in [3.63, 3.8) is 0 Å². The largest absolute Gasteiger partial charge is 0.477 e. The van der Waals surface area contributed by atoms with E-state index in [0.717, 1.165) is 11.3 Å². The monoisotopic (exact) mass is 330 g/mol. The van der Waals surface area contributed by atoms with Crippen LogP contribution in [0.1, 0.15) is 33.1 Å². The van der Waals surface area contributed by atoms with Crippen LogP contribution in [-0.2, 0) is 23.0 Å². The lowest BCUT2D eigenvalue weighted by molar-refractivity contribution is 0.0701. The molecule has 0 unspecified atom stereocenters. The maximum absolute atomic E-state index is 12.0. The summed E-state index contributed by atoms with van der Waals surface area (Å²) in [5, 5.41) is 9.30. The number of carboxylic acids is 1. The van der Waals surface area contributed by atoms with Crippen molar-refractivity contribution >= 4 is 27.3 Å². The number of hydrogen-bond donors (Lipinski definition) is 3. The Hall–Kier alpha value is -1.78. The number of sulfonamides is 1. The van der Waals surface area contributed by atoms with Crippen molar-refractivity contribution in [3.05, 3.63) is 27.6 Å². The molecule has 2 aromatic rings. The predicted molar refractivity (Wildman–Crippen MR) is 75.8 cm³/mol. The van der Waals surface area contributed by atoms with Gasteiger partial charge in [0.15, 0.2) is 5.03 Å². The Bertz CT molecular complexity index is 763. The van der Waals surface area contributed by atoms with Crippen molar-refractivity contribution in [1.29, 1.82) is 0 Å². The molecule has 0 fully saturated rings. The quantitative estimate of drug-likeness (QED) is 0.723. The molecule has 0 atom stereocenters. The summed E-state index contributed by atoms with van der Waals surface area (Å²) in [6.07, 6.45) is 1.85. The first-order valence-corrected chi connectivity index (χ1v) is 8.36. The van der Waals surface area contributed by atoms with Crippen molar-refractivity contribution in [2.75, 3.05) is 0 Å². The molecule has 0 spiro atoms. The van der Waals surface area contributed by atoms with Gasteiger partial charge in [0.05, 0.1) is 18.4 Å². The minimum Gasteiger partial charge on any atom is -0.477 e. The van der Waals surface area contributed by atoms with Crippen LogP contribution >= 0.6 is 11.3 Å². The lowest BCUT2D eigenvalue weighted by Crippen LogP contribution is -2.23. The standard InChI is InChI=1S/C11H14N4O4S2/c1-3-7-12-5-9(15-7)21(18,19)13-4-8-14-6(2)10(20-8)11(16)17/h5,13H,3-4H2,1-2H3,(H,12,15)(H,16,17). The predicted octanol–water partition coefficient (Wildman–Crippen LogP) is 0.914. The van der Waals surface area contributed by atoms with E-state index in [2.05, 4.69) is 19.7 Å². The van der Waals surface area contributed by atoms with Crippen molar-refractivity contribution in [3.8, 4) is 0 Å². The van der Waals surface area contributed by atoms with E-state index < -0.39 is 16.0 Å². The van der Waals surface area contributed by atoms with Gasteiger partial charge in [0.1, 0.15) is 15.7 Å². The summed E-state index contributed by atoms with van der Waals surface area (Å²) in [6, 6.07) is 0. The topological polar surface area (TPSA) is 125 Å². The summed E-state index contributed by atoms with van der Waals surface area (Å²) >= 11 is 0.950. The Balaban J connectivity index is 2.11. The maximum atomic E-state index is 12.0. The van der Waals surface area contributed by atoms with E-state index in [9.17, 15) is 13.2 Å². The second-order valence-electron chi connectivity index (χ2n) is 4.20. The third-order valence-electron chi connectivity index (χ3n) is 2.68. The molecule has 0 bridgehead atoms. The van der Waals surface area contributed by atoms with Gasteiger partial charge in [0.2, 0.25) is 0 Å². The summed E-state index contributed by atoms with van der Waals surface area (Å²) in [4.78, 5) is 21.7. The van der Waals surface area contributed by atoms with Gasteiger partial charge in [-0.15, -0.1) is 11.3 Å². The van der Waals surface area contributed by atoms with E-state index in [0.29, 0.717) is 22.9 Å². The van der Waals surface area contributed by atoms with Gasteiger partial charge in [0, 0.05) is 6.42 Å². The van der Waals surface area contributed by atoms with Crippen LogP contribution in [0.25, 0.3) is 0 Å². The molecular formula is C11H14N4O4S2. The van der Waals surface area contributed by atoms with Crippen LogP contribution in [0.3, 0.4) is 0 Å². The van der Waals surface area contributed by atoms with Crippen LogP contribution < -0.4 is 4.72 Å². The van der Waals surface area contributed by atoms with Crippen molar-refractivity contribution in [2.24, 2.45) is 0 Å². The fourth-order valence-corrected chi connectivity index (χ4v) is 3.48. The lowest BCUT2D eigenvalue weighted by Gasteiger charge is -2.02. The third-order valence-corrected chi connectivity index (χ3v) is 5.13. The third kappa shape index (κ3) is 3.46. The van der Waals surface area contributed by atoms with Gasteiger partial charge in [-0.05, 0) is 6.92 Å². The Morgan fingerprint density at radius 2 is 2.24 bits per heavy atom. The lowest BCUT2D eigenvalue weighted by atomic mass is 10.4. The van der Waals surface area contributed by atoms with E-state index in [1.165, 1.54) is 6.20 Å². The molecule has 114 valence electrons. The van der Waals surface area contributed by atoms with Crippen LogP contribution in [0.15, 0.2) is 11.2 Å². The molecule has 0 amide bonds. The second-order valence-corrected chi connectivity index (χ2v) is 7.02. The molecule has 0 radical (unpaired) electrons. The summed E-state index contributed by atoms with van der Waals surface area (Å²) in [5.41, 5.74) is 0.372. The SMILES string of the molecule is CCc1ncc(S(=O)(=O)NCc2nc(C)c(C(=O)O)s2)[nH]1. The smallest absolute Gasteiger partial charge is 0.347 e. The average Bonchev–Trinajstić information content (AvgIpc) is 3.03. The van der Waals surface area contributed by atoms with Crippen molar-refractivity contribution in [2.45, 2.75) is 31.8 Å². The molecule has 10 heteroatoms. The van der Waals surface area contributed by atoms with Crippen LogP contribution in [-0.4, -0.2) is 34.4 Å². The summed E-state index contributed by atoms with van der Waals surface area (Å²) in [7, 11) is -3.72. The van der Waals surface area contributed by atoms with Crippen LogP contribution in [0, 0.1) is 6.92 Å². The second kappa shape index (κ2) is 5.92. The molecule has 0 aliphatic heterocycles. The first-order valence-electron chi connectivity index (χ1n) is 6.06. The highest BCUT2D eigenvalue weighted by atomic mass is 32.2. The highest BCUT2D eigenvalue weighted by Crippen LogP contribution is 2.18. The van der Waals surface area contributed by atoms with Crippen LogP contribution in [0.4, 0.5) is 0 Å². The molecule has 0 aliphatic carbocycles. The molecular weight excluding hydrogens is 316 g/mol. The van der Waals surface area contributed by atoms with E-state index in [1.807, 2.05) is 6.92 Å². The van der Waals surface area contributed by atoms with Crippen molar-refractivity contribution < 1.29 is 18.3 Å². The van der Waals surface area contributed by atoms with Gasteiger partial charge < -0.3 is 10.1 Å². The van der Waals surface area contributed by atoms with Gasteiger partial charge >= 0.3 is 5.97 Å². The number of H-pyrrole nitrogens is 1. The summed E-state index contributed by atoms with van der Waals surface area (Å²) in [5.74, 6) is -0.492. The van der Waals surface area contributed by atoms with E-state index in [1.54, 1.807) is 6.92 Å². The van der Waals surface area contributed by atoms with Crippen molar-refractivity contribution in [1.82, 2.24) is 19.7 Å². The maximum Gasteiger partial charge on any atom is 0.347 e. The number of aromatic carboxylic acids is 1. The van der Waals surface area contributed by atoms with Crippen LogP contribution in [0.5, 0.6) is 0 Å². The number of nitrogens with zero attached hydrogens (tertiary/aromatic N) is 2. The summed E-state index contributed by atoms with van der Waals surface area (Å²) < 4.78 is 26.4. The zero-order valence-electron chi connectivity index (χ0n) is 11.4. The number of carbonyl (C=O) groups is 1. The number of aromatic amines is 1. The molecule has 2 rings (SSSR count). The number of thiazole rings is 1. The molecule has 0 aromatic carbocycles. The first-order chi connectivity index (χ1) is 9.83. The molecule has 3 N–H and O–H groups in total. The molecule has 8 nitrogen and oxygen atoms in total. The van der Waals surface area contributed by atoms with E-state index in [-0.39, 0.29) is 16.4 Å². The normalized spacial score (nSPS) is 11.7. The number of nitrogens with one attached hydrogen (secondary N) is 2. The Morgan fingerprint density at radius 3 is 2.76 bits per heavy atom. The highest BCUT2D eigenvalue weighted by molar-refractivity contribution is 7.89. The van der Waals surface area contributed by atoms with Gasteiger partial charge in [-0.1, -0.05) is 6.92 Å². The Morgan fingerprint density at radius 1 is 1.52 bits per heavy atom. The number of imidazole rings is 1. The average molecular weight is 330 g/mol. The Labute approximate surface area is 125 Å².